The van der Waals surface area contributed by atoms with Gasteiger partial charge in [-0.3, -0.25) is 20.4 Å². The fourth-order valence-electron chi connectivity index (χ4n) is 2.56. The van der Waals surface area contributed by atoms with Crippen molar-refractivity contribution in [3.8, 4) is 0 Å². The highest BCUT2D eigenvalue weighted by Crippen LogP contribution is 2.14. The number of hydrazine groups is 1. The first-order valence-corrected chi connectivity index (χ1v) is 9.07. The molecule has 1 fully saturated rings. The zero-order valence-electron chi connectivity index (χ0n) is 14.8. The molecule has 1 saturated heterocycles. The van der Waals surface area contributed by atoms with Crippen molar-refractivity contribution >= 4 is 29.1 Å². The molecular formula is C18H26N4O2S. The second kappa shape index (κ2) is 9.36. The molecular weight excluding hydrogens is 336 g/mol. The standard InChI is InChI=1S/C18H26N4O2S/c1-13(2)9-10-19-18(25)21-20-17(24)15-7-5-14(6-8-15)12-22-11-3-4-16(22)23/h5-8,13H,3-4,9-12H2,1-2H3,(H,20,24)(H2,19,21,25). The third kappa shape index (κ3) is 6.34. The third-order valence-corrected chi connectivity index (χ3v) is 4.30. The number of likely N-dealkylation sites (tertiary alicyclic amines) is 1. The first-order valence-electron chi connectivity index (χ1n) is 8.66. The predicted octanol–water partition coefficient (Wildman–Crippen LogP) is 1.96. The maximum Gasteiger partial charge on any atom is 0.269 e. The van der Waals surface area contributed by atoms with E-state index in [1.54, 1.807) is 12.1 Å². The Morgan fingerprint density at radius 3 is 2.56 bits per heavy atom. The van der Waals surface area contributed by atoms with Crippen LogP contribution in [-0.4, -0.2) is 34.9 Å². The lowest BCUT2D eigenvalue weighted by atomic mass is 10.1. The van der Waals surface area contributed by atoms with Crippen molar-refractivity contribution in [2.24, 2.45) is 5.92 Å². The molecule has 0 saturated carbocycles. The molecule has 136 valence electrons. The molecule has 0 spiro atoms. The summed E-state index contributed by atoms with van der Waals surface area (Å²) in [6.07, 6.45) is 2.57. The van der Waals surface area contributed by atoms with Gasteiger partial charge < -0.3 is 10.2 Å². The Morgan fingerprint density at radius 2 is 1.96 bits per heavy atom. The molecule has 1 aromatic rings. The van der Waals surface area contributed by atoms with Crippen LogP contribution in [0.5, 0.6) is 0 Å². The number of benzene rings is 1. The van der Waals surface area contributed by atoms with Crippen LogP contribution in [0.15, 0.2) is 24.3 Å². The zero-order chi connectivity index (χ0) is 18.2. The Morgan fingerprint density at radius 1 is 1.24 bits per heavy atom. The average molecular weight is 362 g/mol. The first kappa shape index (κ1) is 19.2. The van der Waals surface area contributed by atoms with Gasteiger partial charge in [0.05, 0.1) is 0 Å². The monoisotopic (exact) mass is 362 g/mol. The Bertz CT molecular complexity index is 616. The highest BCUT2D eigenvalue weighted by molar-refractivity contribution is 7.80. The number of thiocarbonyl (C=S) groups is 1. The van der Waals surface area contributed by atoms with Crippen molar-refractivity contribution in [3.05, 3.63) is 35.4 Å². The predicted molar refractivity (Wildman–Crippen MR) is 102 cm³/mol. The summed E-state index contributed by atoms with van der Waals surface area (Å²) in [5.74, 6) is 0.542. The van der Waals surface area contributed by atoms with Gasteiger partial charge in [-0.2, -0.15) is 0 Å². The summed E-state index contributed by atoms with van der Waals surface area (Å²) in [5, 5.41) is 3.44. The Balaban J connectivity index is 1.76. The molecule has 0 unspecified atom stereocenters. The lowest BCUT2D eigenvalue weighted by Crippen LogP contribution is -2.47. The molecule has 0 bridgehead atoms. The molecule has 2 amide bonds. The topological polar surface area (TPSA) is 73.5 Å². The van der Waals surface area contributed by atoms with Gasteiger partial charge in [0.25, 0.3) is 5.91 Å². The van der Waals surface area contributed by atoms with Gasteiger partial charge in [-0.15, -0.1) is 0 Å². The van der Waals surface area contributed by atoms with E-state index in [9.17, 15) is 9.59 Å². The van der Waals surface area contributed by atoms with Crippen LogP contribution >= 0.6 is 12.2 Å². The maximum absolute atomic E-state index is 12.1. The maximum atomic E-state index is 12.1. The lowest BCUT2D eigenvalue weighted by molar-refractivity contribution is -0.128. The van der Waals surface area contributed by atoms with Gasteiger partial charge >= 0.3 is 0 Å². The van der Waals surface area contributed by atoms with Crippen molar-refractivity contribution in [1.29, 1.82) is 0 Å². The fraction of sp³-hybridized carbons (Fsp3) is 0.500. The van der Waals surface area contributed by atoms with E-state index in [0.717, 1.165) is 31.5 Å². The number of nitrogens with one attached hydrogen (secondary N) is 3. The quantitative estimate of drug-likeness (QED) is 0.533. The summed E-state index contributed by atoms with van der Waals surface area (Å²) in [5.41, 5.74) is 6.84. The molecule has 0 aromatic heterocycles. The number of rotatable bonds is 6. The van der Waals surface area contributed by atoms with Gasteiger partial charge in [-0.25, -0.2) is 0 Å². The summed E-state index contributed by atoms with van der Waals surface area (Å²) in [7, 11) is 0. The molecule has 1 heterocycles. The Hall–Kier alpha value is -2.15. The highest BCUT2D eigenvalue weighted by Gasteiger charge is 2.19. The van der Waals surface area contributed by atoms with Gasteiger partial charge in [-0.1, -0.05) is 26.0 Å². The number of nitrogens with zero attached hydrogens (tertiary/aromatic N) is 1. The molecule has 7 heteroatoms. The van der Waals surface area contributed by atoms with Gasteiger partial charge in [0, 0.05) is 31.6 Å². The van der Waals surface area contributed by atoms with Crippen LogP contribution in [0, 0.1) is 5.92 Å². The van der Waals surface area contributed by atoms with Crippen molar-refractivity contribution in [2.45, 2.75) is 39.7 Å². The van der Waals surface area contributed by atoms with Crippen LogP contribution in [-0.2, 0) is 11.3 Å². The summed E-state index contributed by atoms with van der Waals surface area (Å²) >= 11 is 5.11. The van der Waals surface area contributed by atoms with E-state index in [1.165, 1.54) is 0 Å². The molecule has 0 atom stereocenters. The van der Waals surface area contributed by atoms with Crippen molar-refractivity contribution < 1.29 is 9.59 Å². The van der Waals surface area contributed by atoms with Crippen LogP contribution in [0.4, 0.5) is 0 Å². The summed E-state index contributed by atoms with van der Waals surface area (Å²) < 4.78 is 0. The highest BCUT2D eigenvalue weighted by atomic mass is 32.1. The van der Waals surface area contributed by atoms with E-state index in [2.05, 4.69) is 30.0 Å². The van der Waals surface area contributed by atoms with E-state index >= 15 is 0 Å². The fourth-order valence-corrected chi connectivity index (χ4v) is 2.71. The second-order valence-electron chi connectivity index (χ2n) is 6.63. The number of carbonyl (C=O) groups is 2. The summed E-state index contributed by atoms with van der Waals surface area (Å²) in [6, 6.07) is 7.25. The van der Waals surface area contributed by atoms with Crippen LogP contribution in [0.1, 0.15) is 49.0 Å². The van der Waals surface area contributed by atoms with Crippen LogP contribution in [0.2, 0.25) is 0 Å². The van der Waals surface area contributed by atoms with Crippen LogP contribution in [0.25, 0.3) is 0 Å². The third-order valence-electron chi connectivity index (χ3n) is 4.06. The lowest BCUT2D eigenvalue weighted by Gasteiger charge is -2.16. The number of hydrogen-bond donors (Lipinski definition) is 3. The summed E-state index contributed by atoms with van der Waals surface area (Å²) in [4.78, 5) is 25.6. The SMILES string of the molecule is CC(C)CCNC(=S)NNC(=O)c1ccc(CN2CCCC2=O)cc1. The van der Waals surface area contributed by atoms with Gasteiger partial charge in [-0.05, 0) is 48.7 Å². The zero-order valence-corrected chi connectivity index (χ0v) is 15.6. The number of amides is 2. The second-order valence-corrected chi connectivity index (χ2v) is 7.04. The van der Waals surface area contributed by atoms with Gasteiger partial charge in [0.2, 0.25) is 5.91 Å². The average Bonchev–Trinajstić information content (AvgIpc) is 2.98. The van der Waals surface area contributed by atoms with Crippen LogP contribution < -0.4 is 16.2 Å². The van der Waals surface area contributed by atoms with E-state index < -0.39 is 0 Å². The van der Waals surface area contributed by atoms with Crippen molar-refractivity contribution in [1.82, 2.24) is 21.1 Å². The smallest absolute Gasteiger partial charge is 0.269 e. The van der Waals surface area contributed by atoms with E-state index in [0.29, 0.717) is 29.6 Å². The minimum Gasteiger partial charge on any atom is -0.361 e. The van der Waals surface area contributed by atoms with Crippen molar-refractivity contribution in [2.75, 3.05) is 13.1 Å². The van der Waals surface area contributed by atoms with Crippen molar-refractivity contribution in [3.63, 3.8) is 0 Å². The molecule has 1 aromatic carbocycles. The minimum atomic E-state index is -0.253. The number of carbonyl (C=O) groups excluding carboxylic acids is 2. The Labute approximate surface area is 154 Å². The molecule has 2 rings (SSSR count). The largest absolute Gasteiger partial charge is 0.361 e. The molecule has 1 aliphatic rings. The summed E-state index contributed by atoms with van der Waals surface area (Å²) in [6.45, 7) is 6.46. The molecule has 0 aliphatic carbocycles. The molecule has 3 N–H and O–H groups in total. The first-order chi connectivity index (χ1) is 12.0. The molecule has 25 heavy (non-hydrogen) atoms. The van der Waals surface area contributed by atoms with Crippen LogP contribution in [0.3, 0.4) is 0 Å². The number of hydrogen-bond acceptors (Lipinski definition) is 3. The van der Waals surface area contributed by atoms with Gasteiger partial charge in [0.1, 0.15) is 0 Å². The Kier molecular flexibility index (Phi) is 7.18. The minimum absolute atomic E-state index is 0.199. The molecule has 0 radical (unpaired) electrons. The van der Waals surface area contributed by atoms with E-state index in [4.69, 9.17) is 12.2 Å². The normalized spacial score (nSPS) is 13.9. The molecule has 6 nitrogen and oxygen atoms in total. The van der Waals surface area contributed by atoms with E-state index in [-0.39, 0.29) is 11.8 Å². The molecule has 1 aliphatic heterocycles. The van der Waals surface area contributed by atoms with Gasteiger partial charge in [0.15, 0.2) is 5.11 Å². The van der Waals surface area contributed by atoms with E-state index in [1.807, 2.05) is 17.0 Å².